The quantitative estimate of drug-likeness (QED) is 0.725. The van der Waals surface area contributed by atoms with E-state index in [0.29, 0.717) is 0 Å². The SMILES string of the molecule is CC(C(=O)Nc1ccc(N2CCOCC2)cc1)N1CCN(C/C=C/c2ccccc2)CC1. The molecule has 1 unspecified atom stereocenters. The highest BCUT2D eigenvalue weighted by Crippen LogP contribution is 2.19. The number of hydrogen-bond acceptors (Lipinski definition) is 5. The lowest BCUT2D eigenvalue weighted by Crippen LogP contribution is -2.52. The molecule has 0 aliphatic carbocycles. The van der Waals surface area contributed by atoms with Gasteiger partial charge in [0.05, 0.1) is 19.3 Å². The molecule has 2 aromatic carbocycles. The number of amides is 1. The molecule has 2 saturated heterocycles. The number of ether oxygens (including phenoxy) is 1. The van der Waals surface area contributed by atoms with E-state index in [1.54, 1.807) is 0 Å². The summed E-state index contributed by atoms with van der Waals surface area (Å²) in [4.78, 5) is 19.8. The third-order valence-electron chi connectivity index (χ3n) is 6.32. The summed E-state index contributed by atoms with van der Waals surface area (Å²) in [5, 5.41) is 3.08. The maximum absolute atomic E-state index is 12.8. The zero-order valence-corrected chi connectivity index (χ0v) is 19.0. The first kappa shape index (κ1) is 22.5. The van der Waals surface area contributed by atoms with Gasteiger partial charge in [-0.05, 0) is 36.8 Å². The molecule has 2 heterocycles. The molecule has 2 aliphatic rings. The summed E-state index contributed by atoms with van der Waals surface area (Å²) in [7, 11) is 0. The maximum atomic E-state index is 12.8. The van der Waals surface area contributed by atoms with E-state index in [1.807, 2.05) is 25.1 Å². The van der Waals surface area contributed by atoms with Gasteiger partial charge in [0.1, 0.15) is 0 Å². The smallest absolute Gasteiger partial charge is 0.241 e. The van der Waals surface area contributed by atoms with Gasteiger partial charge < -0.3 is 15.0 Å². The molecule has 1 amide bonds. The first-order chi connectivity index (χ1) is 15.7. The lowest BCUT2D eigenvalue weighted by atomic mass is 10.2. The second-order valence-corrected chi connectivity index (χ2v) is 8.46. The third-order valence-corrected chi connectivity index (χ3v) is 6.32. The van der Waals surface area contributed by atoms with E-state index in [4.69, 9.17) is 4.74 Å². The number of anilines is 2. The Labute approximate surface area is 191 Å². The average Bonchev–Trinajstić information content (AvgIpc) is 2.86. The lowest BCUT2D eigenvalue weighted by Gasteiger charge is -2.37. The van der Waals surface area contributed by atoms with Crippen LogP contribution in [0.5, 0.6) is 0 Å². The van der Waals surface area contributed by atoms with Crippen LogP contribution in [0, 0.1) is 0 Å². The summed E-state index contributed by atoms with van der Waals surface area (Å²) in [6, 6.07) is 18.4. The molecule has 0 aromatic heterocycles. The van der Waals surface area contributed by atoms with Gasteiger partial charge in [0.2, 0.25) is 5.91 Å². The van der Waals surface area contributed by atoms with Crippen LogP contribution in [-0.4, -0.2) is 80.8 Å². The Hall–Kier alpha value is -2.67. The van der Waals surface area contributed by atoms with Crippen LogP contribution in [0.4, 0.5) is 11.4 Å². The van der Waals surface area contributed by atoms with Crippen molar-refractivity contribution in [3.05, 3.63) is 66.2 Å². The van der Waals surface area contributed by atoms with E-state index in [-0.39, 0.29) is 11.9 Å². The Kier molecular flexibility index (Phi) is 7.93. The normalized spacial score (nSPS) is 19.2. The molecule has 32 heavy (non-hydrogen) atoms. The van der Waals surface area contributed by atoms with Crippen LogP contribution in [0.15, 0.2) is 60.7 Å². The molecule has 1 atom stereocenters. The van der Waals surface area contributed by atoms with Crippen molar-refractivity contribution in [3.8, 4) is 0 Å². The van der Waals surface area contributed by atoms with Gasteiger partial charge in [0.15, 0.2) is 0 Å². The van der Waals surface area contributed by atoms with Crippen LogP contribution in [0.2, 0.25) is 0 Å². The minimum absolute atomic E-state index is 0.0570. The minimum Gasteiger partial charge on any atom is -0.378 e. The Morgan fingerprint density at radius 1 is 0.969 bits per heavy atom. The molecule has 2 aliphatic heterocycles. The van der Waals surface area contributed by atoms with Crippen molar-refractivity contribution in [3.63, 3.8) is 0 Å². The number of hydrogen-bond donors (Lipinski definition) is 1. The van der Waals surface area contributed by atoms with E-state index in [9.17, 15) is 4.79 Å². The average molecular weight is 435 g/mol. The first-order valence-electron chi connectivity index (χ1n) is 11.6. The monoisotopic (exact) mass is 434 g/mol. The van der Waals surface area contributed by atoms with Gasteiger partial charge in [-0.25, -0.2) is 0 Å². The lowest BCUT2D eigenvalue weighted by molar-refractivity contribution is -0.121. The van der Waals surface area contributed by atoms with Gasteiger partial charge in [-0.1, -0.05) is 42.5 Å². The number of morpholine rings is 1. The molecule has 2 fully saturated rings. The summed E-state index contributed by atoms with van der Waals surface area (Å²) in [5.41, 5.74) is 3.26. The van der Waals surface area contributed by atoms with Crippen LogP contribution < -0.4 is 10.2 Å². The molecule has 0 bridgehead atoms. The van der Waals surface area contributed by atoms with Crippen molar-refractivity contribution in [2.24, 2.45) is 0 Å². The zero-order valence-electron chi connectivity index (χ0n) is 19.0. The number of carbonyl (C=O) groups excluding carboxylic acids is 1. The number of carbonyl (C=O) groups is 1. The van der Waals surface area contributed by atoms with Crippen LogP contribution in [0.1, 0.15) is 12.5 Å². The van der Waals surface area contributed by atoms with Gasteiger partial charge in [0.25, 0.3) is 0 Å². The molecule has 2 aromatic rings. The fraction of sp³-hybridized carbons (Fsp3) is 0.423. The second-order valence-electron chi connectivity index (χ2n) is 8.46. The van der Waals surface area contributed by atoms with Gasteiger partial charge in [-0.15, -0.1) is 0 Å². The number of nitrogens with one attached hydrogen (secondary N) is 1. The van der Waals surface area contributed by atoms with Gasteiger partial charge in [0, 0.05) is 57.2 Å². The molecule has 6 nitrogen and oxygen atoms in total. The Morgan fingerprint density at radius 2 is 1.66 bits per heavy atom. The fourth-order valence-corrected chi connectivity index (χ4v) is 4.22. The topological polar surface area (TPSA) is 48.1 Å². The summed E-state index contributed by atoms with van der Waals surface area (Å²) in [5.74, 6) is 0.0570. The summed E-state index contributed by atoms with van der Waals surface area (Å²) >= 11 is 0. The van der Waals surface area contributed by atoms with E-state index in [0.717, 1.165) is 64.7 Å². The van der Waals surface area contributed by atoms with E-state index in [1.165, 1.54) is 11.3 Å². The number of nitrogens with zero attached hydrogens (tertiary/aromatic N) is 3. The molecular formula is C26H34N4O2. The molecule has 1 N–H and O–H groups in total. The maximum Gasteiger partial charge on any atom is 0.241 e. The van der Waals surface area contributed by atoms with Gasteiger partial charge in [-0.3, -0.25) is 14.6 Å². The van der Waals surface area contributed by atoms with Gasteiger partial charge in [-0.2, -0.15) is 0 Å². The van der Waals surface area contributed by atoms with Crippen LogP contribution in [0.3, 0.4) is 0 Å². The van der Waals surface area contributed by atoms with Crippen LogP contribution in [-0.2, 0) is 9.53 Å². The predicted molar refractivity (Wildman–Crippen MR) is 131 cm³/mol. The third kappa shape index (κ3) is 6.19. The minimum atomic E-state index is -0.143. The largest absolute Gasteiger partial charge is 0.378 e. The van der Waals surface area contributed by atoms with E-state index >= 15 is 0 Å². The molecule has 6 heteroatoms. The highest BCUT2D eigenvalue weighted by molar-refractivity contribution is 5.94. The second kappa shape index (κ2) is 11.3. The molecule has 0 saturated carbocycles. The fourth-order valence-electron chi connectivity index (χ4n) is 4.22. The summed E-state index contributed by atoms with van der Waals surface area (Å²) in [6.07, 6.45) is 4.40. The van der Waals surface area contributed by atoms with E-state index in [2.05, 4.69) is 68.6 Å². The highest BCUT2D eigenvalue weighted by atomic mass is 16.5. The van der Waals surface area contributed by atoms with Crippen molar-refractivity contribution in [2.45, 2.75) is 13.0 Å². The molecule has 0 radical (unpaired) electrons. The Balaban J connectivity index is 1.21. The van der Waals surface area contributed by atoms with Gasteiger partial charge >= 0.3 is 0 Å². The number of piperazine rings is 1. The molecular weight excluding hydrogens is 400 g/mol. The van der Waals surface area contributed by atoms with Crippen LogP contribution in [0.25, 0.3) is 6.08 Å². The first-order valence-corrected chi connectivity index (χ1v) is 11.6. The Morgan fingerprint density at radius 3 is 2.34 bits per heavy atom. The zero-order chi connectivity index (χ0) is 22.2. The molecule has 4 rings (SSSR count). The summed E-state index contributed by atoms with van der Waals surface area (Å²) in [6.45, 7) is 10.1. The van der Waals surface area contributed by atoms with Crippen molar-refractivity contribution < 1.29 is 9.53 Å². The van der Waals surface area contributed by atoms with E-state index < -0.39 is 0 Å². The Bertz CT molecular complexity index is 870. The summed E-state index contributed by atoms with van der Waals surface area (Å²) < 4.78 is 5.42. The van der Waals surface area contributed by atoms with Crippen molar-refractivity contribution in [1.29, 1.82) is 0 Å². The van der Waals surface area contributed by atoms with Crippen LogP contribution >= 0.6 is 0 Å². The number of benzene rings is 2. The number of rotatable bonds is 7. The van der Waals surface area contributed by atoms with Crippen molar-refractivity contribution >= 4 is 23.4 Å². The molecule has 170 valence electrons. The van der Waals surface area contributed by atoms with Crippen molar-refractivity contribution in [1.82, 2.24) is 9.80 Å². The standard InChI is InChI=1S/C26H34N4O2/c1-22(26(31)27-24-9-11-25(12-10-24)30-18-20-32-21-19-30)29-16-14-28(15-17-29)13-5-8-23-6-3-2-4-7-23/h2-12,22H,13-21H2,1H3,(H,27,31)/b8-5+. The molecule has 0 spiro atoms. The predicted octanol–water partition coefficient (Wildman–Crippen LogP) is 3.18. The van der Waals surface area contributed by atoms with Crippen molar-refractivity contribution in [2.75, 3.05) is 69.2 Å². The highest BCUT2D eigenvalue weighted by Gasteiger charge is 2.25.